The van der Waals surface area contributed by atoms with Gasteiger partial charge in [-0.1, -0.05) is 18.2 Å². The molecular formula is C25H22N6O3S. The number of aromatic nitrogens is 5. The van der Waals surface area contributed by atoms with Gasteiger partial charge in [0.25, 0.3) is 10.0 Å². The van der Waals surface area contributed by atoms with Crippen molar-refractivity contribution in [3.05, 3.63) is 90.1 Å². The van der Waals surface area contributed by atoms with Crippen LogP contribution in [0.4, 0.5) is 5.69 Å². The Kier molecular flexibility index (Phi) is 5.65. The number of pyridine rings is 1. The van der Waals surface area contributed by atoms with Gasteiger partial charge in [0.1, 0.15) is 16.5 Å². The first kappa shape index (κ1) is 22.5. The van der Waals surface area contributed by atoms with Crippen LogP contribution >= 0.6 is 0 Å². The molecule has 0 saturated carbocycles. The van der Waals surface area contributed by atoms with Crippen LogP contribution in [0.1, 0.15) is 17.2 Å². The second-order valence-electron chi connectivity index (χ2n) is 8.01. The maximum absolute atomic E-state index is 13.0. The lowest BCUT2D eigenvalue weighted by Crippen LogP contribution is -2.13. The van der Waals surface area contributed by atoms with Gasteiger partial charge in [-0.3, -0.25) is 9.71 Å². The summed E-state index contributed by atoms with van der Waals surface area (Å²) in [5, 5.41) is 5.21. The molecule has 5 aromatic rings. The van der Waals surface area contributed by atoms with Crippen LogP contribution in [0, 0.1) is 20.8 Å². The summed E-state index contributed by atoms with van der Waals surface area (Å²) >= 11 is 0. The fourth-order valence-electron chi connectivity index (χ4n) is 3.76. The molecule has 3 aromatic heterocycles. The predicted molar refractivity (Wildman–Crippen MR) is 132 cm³/mol. The maximum Gasteiger partial charge on any atom is 0.264 e. The Morgan fingerprint density at radius 1 is 0.914 bits per heavy atom. The van der Waals surface area contributed by atoms with E-state index in [2.05, 4.69) is 24.8 Å². The van der Waals surface area contributed by atoms with Crippen molar-refractivity contribution in [1.29, 1.82) is 0 Å². The number of sulfonamides is 1. The molecule has 0 aliphatic carbocycles. The number of rotatable bonds is 6. The fourth-order valence-corrected chi connectivity index (χ4v) is 5.00. The molecule has 10 heteroatoms. The molecule has 9 nitrogen and oxygen atoms in total. The summed E-state index contributed by atoms with van der Waals surface area (Å²) in [7, 11) is -3.84. The van der Waals surface area contributed by atoms with Crippen molar-refractivity contribution in [2.75, 3.05) is 4.72 Å². The van der Waals surface area contributed by atoms with Crippen LogP contribution in [0.2, 0.25) is 0 Å². The summed E-state index contributed by atoms with van der Waals surface area (Å²) in [6.07, 6.45) is 1.57. The zero-order valence-electron chi connectivity index (χ0n) is 19.3. The lowest BCUT2D eigenvalue weighted by molar-refractivity contribution is 0.459. The molecule has 1 N–H and O–H groups in total. The maximum atomic E-state index is 13.0. The van der Waals surface area contributed by atoms with E-state index < -0.39 is 10.0 Å². The van der Waals surface area contributed by atoms with Crippen molar-refractivity contribution in [2.45, 2.75) is 25.7 Å². The number of fused-ring (bicyclic) bond motifs is 1. The number of nitrogens with zero attached hydrogens (tertiary/aromatic N) is 5. The number of benzene rings is 2. The minimum atomic E-state index is -3.84. The van der Waals surface area contributed by atoms with Gasteiger partial charge >= 0.3 is 0 Å². The van der Waals surface area contributed by atoms with Crippen molar-refractivity contribution >= 4 is 26.6 Å². The van der Waals surface area contributed by atoms with E-state index >= 15 is 0 Å². The lowest BCUT2D eigenvalue weighted by Gasteiger charge is -2.11. The third-order valence-corrected chi connectivity index (χ3v) is 6.65. The predicted octanol–water partition coefficient (Wildman–Crippen LogP) is 4.73. The van der Waals surface area contributed by atoms with Crippen LogP contribution in [-0.2, 0) is 10.0 Å². The highest BCUT2D eigenvalue weighted by atomic mass is 32.2. The van der Waals surface area contributed by atoms with Gasteiger partial charge in [-0.05, 0) is 63.2 Å². The Hall–Kier alpha value is -4.31. The number of hydrogen-bond donors (Lipinski definition) is 1. The first-order chi connectivity index (χ1) is 16.8. The van der Waals surface area contributed by atoms with Crippen molar-refractivity contribution < 1.29 is 13.2 Å². The highest BCUT2D eigenvalue weighted by Gasteiger charge is 2.18. The van der Waals surface area contributed by atoms with E-state index in [0.717, 1.165) is 16.8 Å². The minimum Gasteiger partial charge on any atom is -0.439 e. The summed E-state index contributed by atoms with van der Waals surface area (Å²) in [5.41, 5.74) is 2.65. The largest absolute Gasteiger partial charge is 0.439 e. The zero-order chi connectivity index (χ0) is 24.6. The second-order valence-corrected chi connectivity index (χ2v) is 9.66. The van der Waals surface area contributed by atoms with E-state index in [1.54, 1.807) is 60.3 Å². The van der Waals surface area contributed by atoms with Crippen LogP contribution < -0.4 is 9.46 Å². The Morgan fingerprint density at radius 3 is 2.43 bits per heavy atom. The van der Waals surface area contributed by atoms with E-state index in [1.165, 1.54) is 6.07 Å². The monoisotopic (exact) mass is 486 g/mol. The Balaban J connectivity index is 1.36. The highest BCUT2D eigenvalue weighted by molar-refractivity contribution is 7.93. The topological polar surface area (TPSA) is 112 Å². The molecule has 0 spiro atoms. The quantitative estimate of drug-likeness (QED) is 0.369. The van der Waals surface area contributed by atoms with Gasteiger partial charge in [0.15, 0.2) is 5.82 Å². The van der Waals surface area contributed by atoms with Gasteiger partial charge in [-0.15, -0.1) is 0 Å². The molecule has 2 aromatic carbocycles. The average molecular weight is 487 g/mol. The van der Waals surface area contributed by atoms with Crippen LogP contribution in [0.15, 0.2) is 77.8 Å². The summed E-state index contributed by atoms with van der Waals surface area (Å²) in [4.78, 5) is 13.2. The third-order valence-electron chi connectivity index (χ3n) is 5.24. The van der Waals surface area contributed by atoms with Gasteiger partial charge < -0.3 is 4.74 Å². The van der Waals surface area contributed by atoms with E-state index in [1.807, 2.05) is 32.0 Å². The molecule has 176 valence electrons. The normalized spacial score (nSPS) is 11.5. The van der Waals surface area contributed by atoms with Gasteiger partial charge in [0.05, 0.1) is 11.2 Å². The number of anilines is 1. The Morgan fingerprint density at radius 2 is 1.69 bits per heavy atom. The van der Waals surface area contributed by atoms with Crippen LogP contribution in [0.5, 0.6) is 11.6 Å². The zero-order valence-corrected chi connectivity index (χ0v) is 20.1. The van der Waals surface area contributed by atoms with E-state index in [0.29, 0.717) is 34.5 Å². The molecular weight excluding hydrogens is 464 g/mol. The number of hydrogen-bond acceptors (Lipinski definition) is 7. The standard InChI is InChI=1S/C25H22N6O3S/c1-16-14-17(2)31(29-16)23-15-24(28-18(3)27-23)34-21-11-9-20(10-12-21)30-35(32,33)22-8-4-6-19-7-5-13-26-25(19)22/h4-15,30H,1-3H3. The van der Waals surface area contributed by atoms with Crippen molar-refractivity contribution in [3.8, 4) is 17.4 Å². The first-order valence-corrected chi connectivity index (χ1v) is 12.3. The molecule has 0 fully saturated rings. The number of para-hydroxylation sites is 1. The minimum absolute atomic E-state index is 0.115. The van der Waals surface area contributed by atoms with Crippen LogP contribution in [-0.4, -0.2) is 33.2 Å². The Bertz CT molecular complexity index is 1640. The summed E-state index contributed by atoms with van der Waals surface area (Å²) in [5.74, 6) is 2.00. The summed E-state index contributed by atoms with van der Waals surface area (Å²) in [6, 6.07) is 18.9. The average Bonchev–Trinajstić information content (AvgIpc) is 3.17. The number of ether oxygens (including phenoxy) is 1. The van der Waals surface area contributed by atoms with Crippen molar-refractivity contribution in [2.24, 2.45) is 0 Å². The second kappa shape index (κ2) is 8.80. The molecule has 0 amide bonds. The summed E-state index contributed by atoms with van der Waals surface area (Å²) < 4.78 is 36.3. The fraction of sp³-hybridized carbons (Fsp3) is 0.120. The smallest absolute Gasteiger partial charge is 0.264 e. The molecule has 0 atom stereocenters. The summed E-state index contributed by atoms with van der Waals surface area (Å²) in [6.45, 7) is 5.65. The molecule has 0 bridgehead atoms. The van der Waals surface area contributed by atoms with Gasteiger partial charge in [-0.2, -0.15) is 10.1 Å². The molecule has 0 saturated heterocycles. The van der Waals surface area contributed by atoms with Gasteiger partial charge in [0.2, 0.25) is 5.88 Å². The molecule has 35 heavy (non-hydrogen) atoms. The molecule has 0 aliphatic rings. The third kappa shape index (κ3) is 4.69. The van der Waals surface area contributed by atoms with Gasteiger partial charge in [-0.25, -0.2) is 18.1 Å². The number of aryl methyl sites for hydroxylation is 3. The first-order valence-electron chi connectivity index (χ1n) is 10.8. The molecule has 0 unspecified atom stereocenters. The van der Waals surface area contributed by atoms with Crippen molar-refractivity contribution in [3.63, 3.8) is 0 Å². The lowest BCUT2D eigenvalue weighted by atomic mass is 10.2. The molecule has 0 aliphatic heterocycles. The van der Waals surface area contributed by atoms with Crippen LogP contribution in [0.3, 0.4) is 0 Å². The van der Waals surface area contributed by atoms with Crippen LogP contribution in [0.25, 0.3) is 16.7 Å². The van der Waals surface area contributed by atoms with E-state index in [-0.39, 0.29) is 4.90 Å². The van der Waals surface area contributed by atoms with E-state index in [4.69, 9.17) is 4.74 Å². The molecule has 5 rings (SSSR count). The van der Waals surface area contributed by atoms with Crippen molar-refractivity contribution in [1.82, 2.24) is 24.7 Å². The molecule has 0 radical (unpaired) electrons. The molecule has 3 heterocycles. The van der Waals surface area contributed by atoms with Gasteiger partial charge in [0, 0.05) is 29.0 Å². The Labute approximate surface area is 202 Å². The van der Waals surface area contributed by atoms with E-state index in [9.17, 15) is 8.42 Å². The number of nitrogens with one attached hydrogen (secondary N) is 1. The highest BCUT2D eigenvalue weighted by Crippen LogP contribution is 2.26. The SMILES string of the molecule is Cc1cc(C)n(-c2cc(Oc3ccc(NS(=O)(=O)c4cccc5cccnc45)cc3)nc(C)n2)n1.